The molecule has 2 rings (SSSR count). The van der Waals surface area contributed by atoms with Gasteiger partial charge in [-0.2, -0.15) is 13.2 Å². The van der Waals surface area contributed by atoms with E-state index in [1.807, 2.05) is 12.1 Å². The molecule has 0 saturated carbocycles. The first-order chi connectivity index (χ1) is 14.0. The number of morpholine rings is 1. The van der Waals surface area contributed by atoms with Crippen molar-refractivity contribution in [2.45, 2.75) is 32.2 Å². The topological polar surface area (TPSA) is 58.1 Å². The van der Waals surface area contributed by atoms with E-state index in [0.29, 0.717) is 12.1 Å². The SMILES string of the molecule is CN=C(NCCCCN1CCOCC1)NCc1ccc(COCC(F)(F)F)cc1. The van der Waals surface area contributed by atoms with Gasteiger partial charge < -0.3 is 20.1 Å². The van der Waals surface area contributed by atoms with Crippen molar-refractivity contribution in [2.75, 3.05) is 53.0 Å². The Morgan fingerprint density at radius 1 is 1.10 bits per heavy atom. The van der Waals surface area contributed by atoms with E-state index in [1.165, 1.54) is 0 Å². The predicted octanol–water partition coefficient (Wildman–Crippen LogP) is 2.54. The molecule has 1 aromatic carbocycles. The van der Waals surface area contributed by atoms with E-state index in [2.05, 4.69) is 25.3 Å². The first kappa shape index (κ1) is 23.4. The minimum atomic E-state index is -4.30. The molecule has 0 radical (unpaired) electrons. The lowest BCUT2D eigenvalue weighted by Gasteiger charge is -2.26. The van der Waals surface area contributed by atoms with Crippen LogP contribution in [0.4, 0.5) is 13.2 Å². The van der Waals surface area contributed by atoms with Gasteiger partial charge in [0.1, 0.15) is 6.61 Å². The second-order valence-electron chi connectivity index (χ2n) is 6.94. The van der Waals surface area contributed by atoms with Crippen molar-refractivity contribution < 1.29 is 22.6 Å². The second kappa shape index (κ2) is 12.7. The number of nitrogens with one attached hydrogen (secondary N) is 2. The zero-order valence-electron chi connectivity index (χ0n) is 16.9. The van der Waals surface area contributed by atoms with Crippen LogP contribution in [0.3, 0.4) is 0 Å². The largest absolute Gasteiger partial charge is 0.411 e. The Morgan fingerprint density at radius 2 is 1.79 bits per heavy atom. The number of unbranched alkanes of at least 4 members (excludes halogenated alkanes) is 1. The van der Waals surface area contributed by atoms with Crippen LogP contribution in [0.25, 0.3) is 0 Å². The van der Waals surface area contributed by atoms with E-state index < -0.39 is 12.8 Å². The molecule has 1 aliphatic rings. The number of nitrogens with zero attached hydrogens (tertiary/aromatic N) is 2. The maximum atomic E-state index is 12.1. The minimum Gasteiger partial charge on any atom is -0.379 e. The highest BCUT2D eigenvalue weighted by Gasteiger charge is 2.27. The maximum Gasteiger partial charge on any atom is 0.411 e. The molecule has 2 N–H and O–H groups in total. The van der Waals surface area contributed by atoms with Crippen LogP contribution in [0.5, 0.6) is 0 Å². The molecule has 6 nitrogen and oxygen atoms in total. The van der Waals surface area contributed by atoms with Crippen molar-refractivity contribution in [3.8, 4) is 0 Å². The number of rotatable bonds is 10. The Kier molecular flexibility index (Phi) is 10.2. The Bertz CT molecular complexity index is 603. The Balaban J connectivity index is 1.59. The smallest absolute Gasteiger partial charge is 0.379 e. The van der Waals surface area contributed by atoms with E-state index in [-0.39, 0.29) is 6.61 Å². The van der Waals surface area contributed by atoms with Crippen molar-refractivity contribution in [1.82, 2.24) is 15.5 Å². The summed E-state index contributed by atoms with van der Waals surface area (Å²) in [6.07, 6.45) is -2.11. The molecule has 0 atom stereocenters. The highest BCUT2D eigenvalue weighted by molar-refractivity contribution is 5.79. The minimum absolute atomic E-state index is 0.0547. The number of aliphatic imine (C=N–C) groups is 1. The maximum absolute atomic E-state index is 12.1. The zero-order chi connectivity index (χ0) is 21.0. The fourth-order valence-electron chi connectivity index (χ4n) is 2.94. The summed E-state index contributed by atoms with van der Waals surface area (Å²) >= 11 is 0. The molecule has 29 heavy (non-hydrogen) atoms. The van der Waals surface area contributed by atoms with Gasteiger partial charge in [0.15, 0.2) is 5.96 Å². The normalized spacial score (nSPS) is 16.1. The lowest BCUT2D eigenvalue weighted by Crippen LogP contribution is -2.38. The molecule has 1 saturated heterocycles. The standard InChI is InChI=1S/C20H31F3N4O2/c1-24-19(25-8-2-3-9-27-10-12-28-13-11-27)26-14-17-4-6-18(7-5-17)15-29-16-20(21,22)23/h4-7H,2-3,8-16H2,1H3,(H2,24,25,26). The van der Waals surface area contributed by atoms with Crippen LogP contribution in [-0.4, -0.2) is 70.1 Å². The summed E-state index contributed by atoms with van der Waals surface area (Å²) in [6, 6.07) is 7.29. The molecule has 164 valence electrons. The molecule has 0 bridgehead atoms. The molecule has 1 aromatic rings. The number of ether oxygens (including phenoxy) is 2. The fourth-order valence-corrected chi connectivity index (χ4v) is 2.94. The van der Waals surface area contributed by atoms with E-state index in [9.17, 15) is 13.2 Å². The van der Waals surface area contributed by atoms with Crippen LogP contribution in [0.15, 0.2) is 29.3 Å². The Morgan fingerprint density at radius 3 is 2.45 bits per heavy atom. The number of benzene rings is 1. The van der Waals surface area contributed by atoms with Crippen molar-refractivity contribution in [3.05, 3.63) is 35.4 Å². The molecule has 1 fully saturated rings. The van der Waals surface area contributed by atoms with Gasteiger partial charge in [0.2, 0.25) is 0 Å². The van der Waals surface area contributed by atoms with E-state index in [1.54, 1.807) is 19.2 Å². The number of alkyl halides is 3. The third kappa shape index (κ3) is 10.5. The number of guanidine groups is 1. The van der Waals surface area contributed by atoms with Crippen molar-refractivity contribution >= 4 is 5.96 Å². The van der Waals surface area contributed by atoms with Gasteiger partial charge in [-0.3, -0.25) is 9.89 Å². The number of hydrogen-bond donors (Lipinski definition) is 2. The van der Waals surface area contributed by atoms with E-state index >= 15 is 0 Å². The molecule has 1 aliphatic heterocycles. The highest BCUT2D eigenvalue weighted by atomic mass is 19.4. The second-order valence-corrected chi connectivity index (χ2v) is 6.94. The molecule has 0 unspecified atom stereocenters. The van der Waals surface area contributed by atoms with Crippen LogP contribution in [0.2, 0.25) is 0 Å². The van der Waals surface area contributed by atoms with Crippen molar-refractivity contribution in [3.63, 3.8) is 0 Å². The number of halogens is 3. The first-order valence-corrected chi connectivity index (χ1v) is 9.93. The summed E-state index contributed by atoms with van der Waals surface area (Å²) in [5.74, 6) is 0.731. The molecule has 0 aromatic heterocycles. The van der Waals surface area contributed by atoms with Gasteiger partial charge in [0.25, 0.3) is 0 Å². The van der Waals surface area contributed by atoms with Gasteiger partial charge in [-0.1, -0.05) is 24.3 Å². The lowest BCUT2D eigenvalue weighted by atomic mass is 10.1. The third-order valence-corrected chi connectivity index (χ3v) is 4.54. The van der Waals surface area contributed by atoms with Gasteiger partial charge in [-0.05, 0) is 30.5 Å². The van der Waals surface area contributed by atoms with Crippen LogP contribution in [0, 0.1) is 0 Å². The third-order valence-electron chi connectivity index (χ3n) is 4.54. The summed E-state index contributed by atoms with van der Waals surface area (Å²) in [5.41, 5.74) is 1.72. The molecule has 0 aliphatic carbocycles. The molecule has 0 amide bonds. The van der Waals surface area contributed by atoms with E-state index in [0.717, 1.165) is 63.8 Å². The molecule has 1 heterocycles. The Labute approximate surface area is 170 Å². The summed E-state index contributed by atoms with van der Waals surface area (Å²) in [6.45, 7) is 4.93. The van der Waals surface area contributed by atoms with Crippen LogP contribution in [0.1, 0.15) is 24.0 Å². The summed E-state index contributed by atoms with van der Waals surface area (Å²) in [7, 11) is 1.73. The van der Waals surface area contributed by atoms with Crippen LogP contribution in [-0.2, 0) is 22.6 Å². The number of hydrogen-bond acceptors (Lipinski definition) is 4. The van der Waals surface area contributed by atoms with Gasteiger partial charge in [-0.25, -0.2) is 0 Å². The first-order valence-electron chi connectivity index (χ1n) is 9.93. The highest BCUT2D eigenvalue weighted by Crippen LogP contribution is 2.15. The fraction of sp³-hybridized carbons (Fsp3) is 0.650. The van der Waals surface area contributed by atoms with Crippen LogP contribution >= 0.6 is 0 Å². The van der Waals surface area contributed by atoms with Gasteiger partial charge in [0, 0.05) is 33.2 Å². The average molecular weight is 416 g/mol. The van der Waals surface area contributed by atoms with Gasteiger partial charge in [0.05, 0.1) is 19.8 Å². The zero-order valence-corrected chi connectivity index (χ0v) is 16.9. The summed E-state index contributed by atoms with van der Waals surface area (Å²) in [4.78, 5) is 6.64. The summed E-state index contributed by atoms with van der Waals surface area (Å²) in [5, 5.41) is 6.54. The molecular weight excluding hydrogens is 385 g/mol. The van der Waals surface area contributed by atoms with Crippen molar-refractivity contribution in [1.29, 1.82) is 0 Å². The average Bonchev–Trinajstić information content (AvgIpc) is 2.71. The van der Waals surface area contributed by atoms with E-state index in [4.69, 9.17) is 4.74 Å². The quantitative estimate of drug-likeness (QED) is 0.349. The van der Waals surface area contributed by atoms with Crippen LogP contribution < -0.4 is 10.6 Å². The van der Waals surface area contributed by atoms with Gasteiger partial charge >= 0.3 is 6.18 Å². The summed E-state index contributed by atoms with van der Waals surface area (Å²) < 4.78 is 46.3. The Hall–Kier alpha value is -1.84. The molecular formula is C20H31F3N4O2. The molecule has 9 heteroatoms. The monoisotopic (exact) mass is 416 g/mol. The van der Waals surface area contributed by atoms with Gasteiger partial charge in [-0.15, -0.1) is 0 Å². The predicted molar refractivity (Wildman–Crippen MR) is 107 cm³/mol. The lowest BCUT2D eigenvalue weighted by molar-refractivity contribution is -0.176. The van der Waals surface area contributed by atoms with Crippen molar-refractivity contribution in [2.24, 2.45) is 4.99 Å². The molecule has 0 spiro atoms.